The van der Waals surface area contributed by atoms with Gasteiger partial charge in [-0.2, -0.15) is 0 Å². The third-order valence-corrected chi connectivity index (χ3v) is 2.88. The number of carboxylic acid groups (broad SMARTS) is 1. The maximum atomic E-state index is 10.4. The van der Waals surface area contributed by atoms with Gasteiger partial charge in [-0.25, -0.2) is 0 Å². The molecule has 2 aromatic rings. The SMILES string of the molecule is Cc1csc2nnc(CCC(=O)O)n12. The molecule has 6 heteroatoms. The van der Waals surface area contributed by atoms with Gasteiger partial charge in [-0.1, -0.05) is 0 Å². The Morgan fingerprint density at radius 1 is 1.64 bits per heavy atom. The Labute approximate surface area is 84.0 Å². The number of aliphatic carboxylic acids is 1. The van der Waals surface area contributed by atoms with E-state index in [0.717, 1.165) is 16.5 Å². The summed E-state index contributed by atoms with van der Waals surface area (Å²) < 4.78 is 1.90. The minimum absolute atomic E-state index is 0.0933. The fourth-order valence-electron chi connectivity index (χ4n) is 1.30. The van der Waals surface area contributed by atoms with Gasteiger partial charge in [-0.05, 0) is 6.92 Å². The monoisotopic (exact) mass is 211 g/mol. The molecule has 2 heterocycles. The van der Waals surface area contributed by atoms with E-state index in [1.807, 2.05) is 16.7 Å². The molecular formula is C8H9N3O2S. The summed E-state index contributed by atoms with van der Waals surface area (Å²) in [5.41, 5.74) is 1.05. The van der Waals surface area contributed by atoms with Gasteiger partial charge in [0.2, 0.25) is 4.96 Å². The van der Waals surface area contributed by atoms with Crippen molar-refractivity contribution in [2.24, 2.45) is 0 Å². The van der Waals surface area contributed by atoms with E-state index in [0.29, 0.717) is 6.42 Å². The number of thiazole rings is 1. The number of fused-ring (bicyclic) bond motifs is 1. The predicted octanol–water partition coefficient (Wildman–Crippen LogP) is 1.12. The van der Waals surface area contributed by atoms with E-state index in [9.17, 15) is 4.79 Å². The number of aryl methyl sites for hydroxylation is 2. The molecule has 0 aromatic carbocycles. The van der Waals surface area contributed by atoms with Crippen LogP contribution in [0.5, 0.6) is 0 Å². The molecule has 0 saturated carbocycles. The summed E-state index contributed by atoms with van der Waals surface area (Å²) in [5.74, 6) is -0.0872. The minimum atomic E-state index is -0.811. The number of aromatic nitrogens is 3. The molecular weight excluding hydrogens is 202 g/mol. The molecule has 74 valence electrons. The zero-order valence-electron chi connectivity index (χ0n) is 7.60. The van der Waals surface area contributed by atoms with Gasteiger partial charge in [0.15, 0.2) is 0 Å². The van der Waals surface area contributed by atoms with Gasteiger partial charge in [0, 0.05) is 17.5 Å². The zero-order chi connectivity index (χ0) is 10.1. The number of rotatable bonds is 3. The average Bonchev–Trinajstić information content (AvgIpc) is 2.66. The Morgan fingerprint density at radius 2 is 2.43 bits per heavy atom. The van der Waals surface area contributed by atoms with Crippen LogP contribution in [0, 0.1) is 6.92 Å². The van der Waals surface area contributed by atoms with Crippen LogP contribution in [-0.4, -0.2) is 25.7 Å². The second-order valence-electron chi connectivity index (χ2n) is 3.01. The van der Waals surface area contributed by atoms with Crippen LogP contribution in [0.3, 0.4) is 0 Å². The molecule has 0 spiro atoms. The van der Waals surface area contributed by atoms with Crippen molar-refractivity contribution >= 4 is 22.3 Å². The minimum Gasteiger partial charge on any atom is -0.481 e. The van der Waals surface area contributed by atoms with E-state index >= 15 is 0 Å². The molecule has 1 N–H and O–H groups in total. The van der Waals surface area contributed by atoms with Crippen molar-refractivity contribution in [3.8, 4) is 0 Å². The van der Waals surface area contributed by atoms with Crippen LogP contribution in [0.15, 0.2) is 5.38 Å². The van der Waals surface area contributed by atoms with Gasteiger partial charge in [-0.15, -0.1) is 21.5 Å². The van der Waals surface area contributed by atoms with Crippen LogP contribution in [0.25, 0.3) is 4.96 Å². The van der Waals surface area contributed by atoms with Gasteiger partial charge < -0.3 is 5.11 Å². The van der Waals surface area contributed by atoms with Crippen molar-refractivity contribution in [3.05, 3.63) is 16.9 Å². The highest BCUT2D eigenvalue weighted by Crippen LogP contribution is 2.15. The Hall–Kier alpha value is -1.43. The quantitative estimate of drug-likeness (QED) is 0.826. The average molecular weight is 211 g/mol. The Balaban J connectivity index is 2.32. The summed E-state index contributed by atoms with van der Waals surface area (Å²) in [7, 11) is 0. The van der Waals surface area contributed by atoms with Gasteiger partial charge in [0.1, 0.15) is 5.82 Å². The maximum Gasteiger partial charge on any atom is 0.303 e. The number of hydrogen-bond donors (Lipinski definition) is 1. The molecule has 0 radical (unpaired) electrons. The van der Waals surface area contributed by atoms with Crippen LogP contribution in [-0.2, 0) is 11.2 Å². The molecule has 0 aliphatic carbocycles. The number of hydrogen-bond acceptors (Lipinski definition) is 4. The molecule has 0 saturated heterocycles. The lowest BCUT2D eigenvalue weighted by molar-refractivity contribution is -0.137. The molecule has 0 aliphatic rings. The summed E-state index contributed by atoms with van der Waals surface area (Å²) in [6.07, 6.45) is 0.518. The predicted molar refractivity (Wildman–Crippen MR) is 51.6 cm³/mol. The lowest BCUT2D eigenvalue weighted by Crippen LogP contribution is -2.01. The van der Waals surface area contributed by atoms with Crippen molar-refractivity contribution in [2.75, 3.05) is 0 Å². The first-order valence-corrected chi connectivity index (χ1v) is 5.06. The molecule has 0 aliphatic heterocycles. The molecule has 0 fully saturated rings. The summed E-state index contributed by atoms with van der Waals surface area (Å²) in [5, 5.41) is 18.4. The first-order valence-electron chi connectivity index (χ1n) is 4.18. The lowest BCUT2D eigenvalue weighted by atomic mass is 10.3. The Bertz CT molecular complexity index is 474. The van der Waals surface area contributed by atoms with E-state index in [4.69, 9.17) is 5.11 Å². The first-order chi connectivity index (χ1) is 6.68. The summed E-state index contributed by atoms with van der Waals surface area (Å²) in [4.78, 5) is 11.2. The van der Waals surface area contributed by atoms with E-state index < -0.39 is 5.97 Å². The van der Waals surface area contributed by atoms with Gasteiger partial charge in [-0.3, -0.25) is 9.20 Å². The van der Waals surface area contributed by atoms with Crippen molar-refractivity contribution < 1.29 is 9.90 Å². The fraction of sp³-hybridized carbons (Fsp3) is 0.375. The molecule has 0 bridgehead atoms. The van der Waals surface area contributed by atoms with Gasteiger partial charge >= 0.3 is 5.97 Å². The van der Waals surface area contributed by atoms with Crippen LogP contribution >= 0.6 is 11.3 Å². The highest BCUT2D eigenvalue weighted by Gasteiger charge is 2.10. The Kier molecular flexibility index (Phi) is 2.20. The van der Waals surface area contributed by atoms with Crippen LogP contribution in [0.2, 0.25) is 0 Å². The first kappa shape index (κ1) is 9.14. The Morgan fingerprint density at radius 3 is 3.14 bits per heavy atom. The van der Waals surface area contributed by atoms with E-state index in [1.165, 1.54) is 11.3 Å². The molecule has 0 unspecified atom stereocenters. The fourth-order valence-corrected chi connectivity index (χ4v) is 2.13. The number of carboxylic acids is 1. The molecule has 0 amide bonds. The van der Waals surface area contributed by atoms with Crippen LogP contribution in [0.4, 0.5) is 0 Å². The van der Waals surface area contributed by atoms with Crippen molar-refractivity contribution in [3.63, 3.8) is 0 Å². The van der Waals surface area contributed by atoms with E-state index in [-0.39, 0.29) is 6.42 Å². The normalized spacial score (nSPS) is 10.9. The van der Waals surface area contributed by atoms with Gasteiger partial charge in [0.25, 0.3) is 0 Å². The molecule has 2 rings (SSSR count). The third kappa shape index (κ3) is 1.48. The topological polar surface area (TPSA) is 67.5 Å². The van der Waals surface area contributed by atoms with Crippen molar-refractivity contribution in [2.45, 2.75) is 19.8 Å². The second-order valence-corrected chi connectivity index (χ2v) is 3.84. The number of carbonyl (C=O) groups is 1. The van der Waals surface area contributed by atoms with Crippen LogP contribution < -0.4 is 0 Å². The third-order valence-electron chi connectivity index (χ3n) is 1.95. The smallest absolute Gasteiger partial charge is 0.303 e. The maximum absolute atomic E-state index is 10.4. The lowest BCUT2D eigenvalue weighted by Gasteiger charge is -1.95. The van der Waals surface area contributed by atoms with Crippen molar-refractivity contribution in [1.82, 2.24) is 14.6 Å². The van der Waals surface area contributed by atoms with Crippen molar-refractivity contribution in [1.29, 1.82) is 0 Å². The largest absolute Gasteiger partial charge is 0.481 e. The van der Waals surface area contributed by atoms with Gasteiger partial charge in [0.05, 0.1) is 6.42 Å². The summed E-state index contributed by atoms with van der Waals surface area (Å²) in [6, 6.07) is 0. The highest BCUT2D eigenvalue weighted by molar-refractivity contribution is 7.15. The molecule has 0 atom stereocenters. The van der Waals surface area contributed by atoms with Crippen LogP contribution in [0.1, 0.15) is 17.9 Å². The molecule has 14 heavy (non-hydrogen) atoms. The zero-order valence-corrected chi connectivity index (χ0v) is 8.41. The summed E-state index contributed by atoms with van der Waals surface area (Å²) in [6.45, 7) is 1.96. The molecule has 2 aromatic heterocycles. The summed E-state index contributed by atoms with van der Waals surface area (Å²) >= 11 is 1.51. The number of nitrogens with zero attached hydrogens (tertiary/aromatic N) is 3. The van der Waals surface area contributed by atoms with E-state index in [2.05, 4.69) is 10.2 Å². The standard InChI is InChI=1S/C8H9N3O2S/c1-5-4-14-8-10-9-6(11(5)8)2-3-7(12)13/h4H,2-3H2,1H3,(H,12,13). The second kappa shape index (κ2) is 3.38. The van der Waals surface area contributed by atoms with E-state index in [1.54, 1.807) is 0 Å². The highest BCUT2D eigenvalue weighted by atomic mass is 32.1. The molecule has 5 nitrogen and oxygen atoms in total.